The monoisotopic (exact) mass is 502 g/mol. The fourth-order valence-electron chi connectivity index (χ4n) is 4.07. The number of thiazole rings is 1. The van der Waals surface area contributed by atoms with Gasteiger partial charge in [-0.3, -0.25) is 14.5 Å². The Bertz CT molecular complexity index is 1490. The van der Waals surface area contributed by atoms with E-state index in [2.05, 4.69) is 11.6 Å². The molecule has 0 saturated carbocycles. The van der Waals surface area contributed by atoms with E-state index in [4.69, 9.17) is 13.9 Å². The second-order valence-corrected chi connectivity index (χ2v) is 8.89. The van der Waals surface area contributed by atoms with Crippen molar-refractivity contribution in [3.05, 3.63) is 96.2 Å². The summed E-state index contributed by atoms with van der Waals surface area (Å²) in [6.45, 7) is 6.36. The highest BCUT2D eigenvalue weighted by Crippen LogP contribution is 2.45. The first-order valence-corrected chi connectivity index (χ1v) is 12.1. The Morgan fingerprint density at radius 1 is 1.19 bits per heavy atom. The third-order valence-corrected chi connectivity index (χ3v) is 6.62. The number of aliphatic hydroxyl groups excluding tert-OH is 1. The number of aliphatic hydroxyl groups is 1. The topological polar surface area (TPSA) is 102 Å². The number of hydrogen-bond acceptors (Lipinski definition) is 8. The SMILES string of the molecule is C=CCOc1cccc(C2C(C(=O)c3ccco3)=C(O)C(=O)N2c2nc3ccc(OCC)cc3s2)c1. The van der Waals surface area contributed by atoms with Gasteiger partial charge in [0.15, 0.2) is 16.7 Å². The van der Waals surface area contributed by atoms with E-state index in [0.29, 0.717) is 34.3 Å². The molecule has 2 aromatic carbocycles. The van der Waals surface area contributed by atoms with E-state index < -0.39 is 23.5 Å². The van der Waals surface area contributed by atoms with Crippen LogP contribution in [0.3, 0.4) is 0 Å². The standard InChI is InChI=1S/C27H22N2O6S/c1-3-12-34-17-8-5-7-16(14-17)23-22(24(30)20-9-6-13-35-20)25(31)26(32)29(23)27-28-19-11-10-18(33-4-2)15-21(19)36-27/h3,5-11,13-15,23,31H,1,4,12H2,2H3. The molecule has 1 aliphatic rings. The van der Waals surface area contributed by atoms with Gasteiger partial charge in [-0.1, -0.05) is 36.1 Å². The lowest BCUT2D eigenvalue weighted by atomic mass is 9.95. The van der Waals surface area contributed by atoms with Crippen LogP contribution in [0.1, 0.15) is 29.1 Å². The molecule has 0 saturated heterocycles. The largest absolute Gasteiger partial charge is 0.503 e. The zero-order chi connectivity index (χ0) is 25.2. The molecule has 1 N–H and O–H groups in total. The summed E-state index contributed by atoms with van der Waals surface area (Å²) in [6, 6.07) is 14.6. The summed E-state index contributed by atoms with van der Waals surface area (Å²) in [5, 5.41) is 11.3. The van der Waals surface area contributed by atoms with Gasteiger partial charge in [0.25, 0.3) is 5.91 Å². The van der Waals surface area contributed by atoms with Gasteiger partial charge in [-0.2, -0.15) is 0 Å². The maximum absolute atomic E-state index is 13.4. The molecule has 1 amide bonds. The molecule has 1 atom stereocenters. The third-order valence-electron chi connectivity index (χ3n) is 5.61. The fourth-order valence-corrected chi connectivity index (χ4v) is 5.09. The van der Waals surface area contributed by atoms with E-state index >= 15 is 0 Å². The maximum Gasteiger partial charge on any atom is 0.296 e. The first-order chi connectivity index (χ1) is 17.5. The highest BCUT2D eigenvalue weighted by Gasteiger charge is 2.46. The van der Waals surface area contributed by atoms with Gasteiger partial charge in [0.2, 0.25) is 5.78 Å². The van der Waals surface area contributed by atoms with Crippen molar-refractivity contribution in [1.82, 2.24) is 4.98 Å². The molecule has 1 unspecified atom stereocenters. The Balaban J connectivity index is 1.63. The summed E-state index contributed by atoms with van der Waals surface area (Å²) in [5.74, 6) is -0.728. The Hall–Kier alpha value is -4.37. The number of hydrogen-bond donors (Lipinski definition) is 1. The minimum Gasteiger partial charge on any atom is -0.503 e. The van der Waals surface area contributed by atoms with Crippen molar-refractivity contribution in [2.75, 3.05) is 18.1 Å². The van der Waals surface area contributed by atoms with Crippen LogP contribution < -0.4 is 14.4 Å². The molecule has 0 fully saturated rings. The zero-order valence-corrected chi connectivity index (χ0v) is 20.2. The van der Waals surface area contributed by atoms with Crippen LogP contribution in [0, 0.1) is 0 Å². The van der Waals surface area contributed by atoms with Crippen molar-refractivity contribution in [2.45, 2.75) is 13.0 Å². The number of nitrogens with zero attached hydrogens (tertiary/aromatic N) is 2. The second-order valence-electron chi connectivity index (χ2n) is 7.88. The third kappa shape index (κ3) is 4.14. The number of carbonyl (C=O) groups excluding carboxylic acids is 2. The highest BCUT2D eigenvalue weighted by atomic mass is 32.1. The van der Waals surface area contributed by atoms with Gasteiger partial charge in [-0.25, -0.2) is 4.98 Å². The lowest BCUT2D eigenvalue weighted by molar-refractivity contribution is -0.117. The number of ether oxygens (including phenoxy) is 2. The van der Waals surface area contributed by atoms with E-state index in [1.165, 1.54) is 28.6 Å². The number of benzene rings is 2. The number of amides is 1. The van der Waals surface area contributed by atoms with Crippen molar-refractivity contribution < 1.29 is 28.6 Å². The van der Waals surface area contributed by atoms with Gasteiger partial charge in [0.05, 0.1) is 34.7 Å². The molecule has 2 aromatic heterocycles. The van der Waals surface area contributed by atoms with Crippen LogP contribution in [-0.2, 0) is 4.79 Å². The molecule has 0 bridgehead atoms. The number of rotatable bonds is 9. The van der Waals surface area contributed by atoms with Crippen LogP contribution in [-0.4, -0.2) is 35.0 Å². The summed E-state index contributed by atoms with van der Waals surface area (Å²) >= 11 is 1.27. The first kappa shape index (κ1) is 23.4. The molecule has 5 rings (SSSR count). The number of ketones is 1. The average molecular weight is 503 g/mol. The first-order valence-electron chi connectivity index (χ1n) is 11.2. The zero-order valence-electron chi connectivity index (χ0n) is 19.3. The highest BCUT2D eigenvalue weighted by molar-refractivity contribution is 7.22. The summed E-state index contributed by atoms with van der Waals surface area (Å²) in [5.41, 5.74) is 1.14. The molecular formula is C27H22N2O6S. The number of carbonyl (C=O) groups is 2. The number of aromatic nitrogens is 1. The van der Waals surface area contributed by atoms with Crippen LogP contribution in [0.2, 0.25) is 0 Å². The lowest BCUT2D eigenvalue weighted by Gasteiger charge is -2.24. The minimum absolute atomic E-state index is 0.0147. The van der Waals surface area contributed by atoms with E-state index in [9.17, 15) is 14.7 Å². The van der Waals surface area contributed by atoms with Crippen LogP contribution in [0.25, 0.3) is 10.2 Å². The Morgan fingerprint density at radius 2 is 2.03 bits per heavy atom. The number of fused-ring (bicyclic) bond motifs is 1. The van der Waals surface area contributed by atoms with Gasteiger partial charge in [0.1, 0.15) is 18.1 Å². The van der Waals surface area contributed by atoms with Gasteiger partial charge < -0.3 is 19.0 Å². The van der Waals surface area contributed by atoms with Gasteiger partial charge in [0, 0.05) is 0 Å². The molecule has 0 spiro atoms. The van der Waals surface area contributed by atoms with Crippen LogP contribution in [0.5, 0.6) is 11.5 Å². The second kappa shape index (κ2) is 9.71. The molecule has 0 aliphatic carbocycles. The molecule has 3 heterocycles. The number of Topliss-reactive ketones (excluding diaryl/α,β-unsaturated/α-hetero) is 1. The normalized spacial score (nSPS) is 15.5. The van der Waals surface area contributed by atoms with Crippen molar-refractivity contribution in [3.8, 4) is 11.5 Å². The Labute approximate surface area is 210 Å². The minimum atomic E-state index is -0.950. The predicted octanol–water partition coefficient (Wildman–Crippen LogP) is 5.64. The predicted molar refractivity (Wildman–Crippen MR) is 136 cm³/mol. The average Bonchev–Trinajstić information content (AvgIpc) is 3.61. The van der Waals surface area contributed by atoms with Gasteiger partial charge >= 0.3 is 0 Å². The summed E-state index contributed by atoms with van der Waals surface area (Å²) in [4.78, 5) is 32.8. The summed E-state index contributed by atoms with van der Waals surface area (Å²) in [6.07, 6.45) is 2.98. The lowest BCUT2D eigenvalue weighted by Crippen LogP contribution is -2.31. The smallest absolute Gasteiger partial charge is 0.296 e. The Kier molecular flexibility index (Phi) is 6.30. The van der Waals surface area contributed by atoms with Crippen molar-refractivity contribution in [1.29, 1.82) is 0 Å². The maximum atomic E-state index is 13.4. The van der Waals surface area contributed by atoms with E-state index in [0.717, 1.165) is 4.70 Å². The molecule has 8 nitrogen and oxygen atoms in total. The van der Waals surface area contributed by atoms with E-state index in [1.54, 1.807) is 42.5 Å². The van der Waals surface area contributed by atoms with Crippen molar-refractivity contribution >= 4 is 38.4 Å². The van der Waals surface area contributed by atoms with E-state index in [1.807, 2.05) is 19.1 Å². The molecule has 0 radical (unpaired) electrons. The summed E-state index contributed by atoms with van der Waals surface area (Å²) in [7, 11) is 0. The number of anilines is 1. The molecule has 9 heteroatoms. The molecule has 4 aromatic rings. The van der Waals surface area contributed by atoms with Gasteiger partial charge in [-0.05, 0) is 55.0 Å². The van der Waals surface area contributed by atoms with Crippen LogP contribution >= 0.6 is 11.3 Å². The van der Waals surface area contributed by atoms with Gasteiger partial charge in [-0.15, -0.1) is 0 Å². The van der Waals surface area contributed by atoms with Crippen LogP contribution in [0.15, 0.2) is 89.3 Å². The number of furan rings is 1. The summed E-state index contributed by atoms with van der Waals surface area (Å²) < 4.78 is 17.4. The Morgan fingerprint density at radius 3 is 2.78 bits per heavy atom. The quantitative estimate of drug-likeness (QED) is 0.234. The fraction of sp³-hybridized carbons (Fsp3) is 0.148. The van der Waals surface area contributed by atoms with E-state index in [-0.39, 0.29) is 17.9 Å². The molecular weight excluding hydrogens is 480 g/mol. The van der Waals surface area contributed by atoms with Crippen LogP contribution in [0.4, 0.5) is 5.13 Å². The van der Waals surface area contributed by atoms with Crippen molar-refractivity contribution in [3.63, 3.8) is 0 Å². The molecule has 182 valence electrons. The molecule has 36 heavy (non-hydrogen) atoms. The molecule has 1 aliphatic heterocycles. The van der Waals surface area contributed by atoms with Crippen molar-refractivity contribution in [2.24, 2.45) is 0 Å².